The van der Waals surface area contributed by atoms with Crippen molar-refractivity contribution in [1.82, 2.24) is 0 Å². The second-order valence-corrected chi connectivity index (χ2v) is 14.1. The van der Waals surface area contributed by atoms with Gasteiger partial charge in [-0.15, -0.1) is 0 Å². The number of hydrogen-bond acceptors (Lipinski definition) is 6. The van der Waals surface area contributed by atoms with Crippen molar-refractivity contribution in [1.29, 1.82) is 0 Å². The van der Waals surface area contributed by atoms with Gasteiger partial charge >= 0.3 is 5.63 Å². The Hall–Kier alpha value is -4.45. The Morgan fingerprint density at radius 3 is 2.36 bits per heavy atom. The Kier molecular flexibility index (Phi) is 11.0. The highest BCUT2D eigenvalue weighted by Crippen LogP contribution is 2.49. The highest BCUT2D eigenvalue weighted by atomic mass is 16.5. The van der Waals surface area contributed by atoms with Crippen LogP contribution in [0, 0.1) is 5.41 Å². The molecule has 2 N–H and O–H groups in total. The van der Waals surface area contributed by atoms with E-state index in [0.29, 0.717) is 39.8 Å². The molecule has 0 amide bonds. The smallest absolute Gasteiger partial charge is 0.348 e. The Bertz CT molecular complexity index is 1820. The van der Waals surface area contributed by atoms with Gasteiger partial charge in [-0.05, 0) is 109 Å². The number of fused-ring (bicyclic) bond motifs is 3. The van der Waals surface area contributed by atoms with Crippen LogP contribution >= 0.6 is 0 Å². The van der Waals surface area contributed by atoms with Crippen LogP contribution in [0.5, 0.6) is 23.0 Å². The van der Waals surface area contributed by atoms with Gasteiger partial charge in [-0.1, -0.05) is 73.1 Å². The molecule has 47 heavy (non-hydrogen) atoms. The maximum absolute atomic E-state index is 12.9. The first-order valence-corrected chi connectivity index (χ1v) is 16.3. The molecule has 0 fully saturated rings. The summed E-state index contributed by atoms with van der Waals surface area (Å²) in [5.41, 5.74) is 5.19. The second kappa shape index (κ2) is 14.5. The van der Waals surface area contributed by atoms with E-state index in [4.69, 9.17) is 13.9 Å². The molecular weight excluding hydrogens is 588 g/mol. The number of rotatable bonds is 4. The summed E-state index contributed by atoms with van der Waals surface area (Å²) in [5, 5.41) is 21.2. The molecule has 0 bridgehead atoms. The lowest BCUT2D eigenvalue weighted by atomic mass is 9.87. The van der Waals surface area contributed by atoms with E-state index >= 15 is 0 Å². The van der Waals surface area contributed by atoms with Crippen LogP contribution in [-0.2, 0) is 6.42 Å². The van der Waals surface area contributed by atoms with Gasteiger partial charge in [0, 0.05) is 5.56 Å². The zero-order chi connectivity index (χ0) is 34.5. The van der Waals surface area contributed by atoms with Gasteiger partial charge in [0.25, 0.3) is 0 Å². The molecule has 2 heterocycles. The number of phenols is 1. The molecule has 6 nitrogen and oxygen atoms in total. The molecule has 2 aromatic carbocycles. The fourth-order valence-electron chi connectivity index (χ4n) is 5.69. The molecule has 1 aromatic heterocycles. The Morgan fingerprint density at radius 1 is 1.00 bits per heavy atom. The largest absolute Gasteiger partial charge is 0.508 e. The molecule has 0 saturated heterocycles. The third-order valence-corrected chi connectivity index (χ3v) is 8.47. The van der Waals surface area contributed by atoms with Crippen molar-refractivity contribution in [2.45, 2.75) is 93.1 Å². The van der Waals surface area contributed by atoms with Gasteiger partial charge in [0.05, 0.1) is 12.7 Å². The molecule has 0 atom stereocenters. The molecule has 0 radical (unpaired) electrons. The fraction of sp³-hybridized carbons (Fsp3) is 0.390. The average molecular weight is 639 g/mol. The number of methoxy groups -OCH3 is 1. The van der Waals surface area contributed by atoms with E-state index in [9.17, 15) is 15.0 Å². The van der Waals surface area contributed by atoms with Gasteiger partial charge in [-0.2, -0.15) is 0 Å². The lowest BCUT2D eigenvalue weighted by molar-refractivity contribution is 0.157. The number of aromatic hydroxyl groups is 2. The van der Waals surface area contributed by atoms with Crippen molar-refractivity contribution < 1.29 is 24.1 Å². The summed E-state index contributed by atoms with van der Waals surface area (Å²) in [5.74, 6) is 0.778. The summed E-state index contributed by atoms with van der Waals surface area (Å²) in [4.78, 5) is 12.9. The van der Waals surface area contributed by atoms with Crippen molar-refractivity contribution in [3.8, 4) is 34.1 Å². The molecule has 6 heteroatoms. The Balaban J connectivity index is 0.000000280. The standard InChI is InChI=1S/C26H26O6.C15H24/c1-14(2)6-11-17-22-18(12-13-26(3,4)32-22)24-20(23(17)30-5)21(28)19(25(29)31-24)15-7-9-16(27)10-8-15;1-13-7-5-8-14(2)10-12-15(3,4)11-6-9-13/h6-10,12-13,27-28H,11H2,1-5H3;6-7,10-11H,5,8-9,12H2,1-4H3. The first kappa shape index (κ1) is 35.4. The summed E-state index contributed by atoms with van der Waals surface area (Å²) in [6.07, 6.45) is 20.5. The lowest BCUT2D eigenvalue weighted by Gasteiger charge is -2.31. The molecule has 5 rings (SSSR count). The zero-order valence-corrected chi connectivity index (χ0v) is 29.4. The topological polar surface area (TPSA) is 89.1 Å². The maximum Gasteiger partial charge on any atom is 0.348 e. The maximum atomic E-state index is 12.9. The minimum Gasteiger partial charge on any atom is -0.508 e. The summed E-state index contributed by atoms with van der Waals surface area (Å²) >= 11 is 0. The predicted octanol–water partition coefficient (Wildman–Crippen LogP) is 10.6. The van der Waals surface area contributed by atoms with Crippen LogP contribution in [0.2, 0.25) is 0 Å². The van der Waals surface area contributed by atoms with Crippen LogP contribution in [0.1, 0.15) is 92.2 Å². The van der Waals surface area contributed by atoms with Crippen molar-refractivity contribution in [2.24, 2.45) is 5.41 Å². The van der Waals surface area contributed by atoms with Crippen molar-refractivity contribution >= 4 is 17.0 Å². The molecular formula is C41H50O6. The first-order valence-electron chi connectivity index (χ1n) is 16.3. The first-order chi connectivity index (χ1) is 22.1. The molecule has 1 aliphatic heterocycles. The minimum absolute atomic E-state index is 0.00458. The Morgan fingerprint density at radius 2 is 1.70 bits per heavy atom. The summed E-state index contributed by atoms with van der Waals surface area (Å²) in [7, 11) is 1.52. The van der Waals surface area contributed by atoms with Gasteiger partial charge < -0.3 is 24.1 Å². The van der Waals surface area contributed by atoms with E-state index in [1.807, 2.05) is 39.8 Å². The van der Waals surface area contributed by atoms with Gasteiger partial charge in [0.2, 0.25) is 0 Å². The molecule has 3 aromatic rings. The average Bonchev–Trinajstić information content (AvgIpc) is 3.01. The normalized spacial score (nSPS) is 16.8. The van der Waals surface area contributed by atoms with Crippen molar-refractivity contribution in [3.63, 3.8) is 0 Å². The molecule has 250 valence electrons. The number of ether oxygens (including phenoxy) is 2. The highest BCUT2D eigenvalue weighted by Gasteiger charge is 2.32. The van der Waals surface area contributed by atoms with Gasteiger partial charge in [-0.3, -0.25) is 0 Å². The predicted molar refractivity (Wildman–Crippen MR) is 194 cm³/mol. The van der Waals surface area contributed by atoms with Crippen LogP contribution in [-0.4, -0.2) is 22.9 Å². The Labute approximate surface area is 279 Å². The fourth-order valence-corrected chi connectivity index (χ4v) is 5.69. The van der Waals surface area contributed by atoms with Crippen LogP contribution in [0.4, 0.5) is 0 Å². The van der Waals surface area contributed by atoms with Crippen LogP contribution in [0.25, 0.3) is 28.2 Å². The van der Waals surface area contributed by atoms with Gasteiger partial charge in [0.1, 0.15) is 39.5 Å². The quantitative estimate of drug-likeness (QED) is 0.218. The van der Waals surface area contributed by atoms with Crippen LogP contribution in [0.15, 0.2) is 86.7 Å². The number of phenolic OH excluding ortho intramolecular Hbond substituents is 1. The summed E-state index contributed by atoms with van der Waals surface area (Å²) in [6.45, 7) is 17.0. The third-order valence-electron chi connectivity index (χ3n) is 8.47. The van der Waals surface area contributed by atoms with E-state index in [-0.39, 0.29) is 22.6 Å². The van der Waals surface area contributed by atoms with E-state index < -0.39 is 11.2 Å². The lowest BCUT2D eigenvalue weighted by Crippen LogP contribution is -2.28. The molecule has 0 saturated carbocycles. The number of allylic oxidation sites excluding steroid dienone is 8. The summed E-state index contributed by atoms with van der Waals surface area (Å²) < 4.78 is 17.8. The van der Waals surface area contributed by atoms with E-state index in [1.165, 1.54) is 43.2 Å². The summed E-state index contributed by atoms with van der Waals surface area (Å²) in [6, 6.07) is 5.99. The van der Waals surface area contributed by atoms with Crippen LogP contribution in [0.3, 0.4) is 0 Å². The van der Waals surface area contributed by atoms with Crippen LogP contribution < -0.4 is 15.1 Å². The second-order valence-electron chi connectivity index (χ2n) is 14.1. The molecule has 0 spiro atoms. The molecule has 1 aliphatic carbocycles. The van der Waals surface area contributed by atoms with E-state index in [2.05, 4.69) is 58.1 Å². The zero-order valence-electron chi connectivity index (χ0n) is 29.4. The minimum atomic E-state index is -0.694. The SMILES string of the molecule is CC1=CCCC(C)=CCC(C)(C)C=CC1.COc1c(CC=C(C)C)c2c(c3oc(=O)c(-c4ccc(O)cc4)c(O)c13)C=CC(C)(C)O2. The third kappa shape index (κ3) is 8.68. The highest BCUT2D eigenvalue weighted by molar-refractivity contribution is 6.02. The van der Waals surface area contributed by atoms with E-state index in [1.54, 1.807) is 12.1 Å². The molecule has 0 unspecified atom stereocenters. The monoisotopic (exact) mass is 638 g/mol. The number of hydrogen-bond donors (Lipinski definition) is 2. The van der Waals surface area contributed by atoms with Crippen molar-refractivity contribution in [3.05, 3.63) is 99.0 Å². The van der Waals surface area contributed by atoms with Gasteiger partial charge in [-0.25, -0.2) is 4.79 Å². The number of benzene rings is 2. The van der Waals surface area contributed by atoms with Gasteiger partial charge in [0.15, 0.2) is 5.58 Å². The van der Waals surface area contributed by atoms with Crippen molar-refractivity contribution in [2.75, 3.05) is 7.11 Å². The molecule has 2 aliphatic rings. The van der Waals surface area contributed by atoms with E-state index in [0.717, 1.165) is 24.0 Å².